The molecule has 10 heteroatoms. The Balaban J connectivity index is 1.68. The fourth-order valence-corrected chi connectivity index (χ4v) is 4.53. The van der Waals surface area contributed by atoms with E-state index in [0.29, 0.717) is 28.9 Å². The van der Waals surface area contributed by atoms with E-state index in [-0.39, 0.29) is 12.2 Å². The molecule has 34 heavy (non-hydrogen) atoms. The van der Waals surface area contributed by atoms with Gasteiger partial charge < -0.3 is 28.1 Å². The van der Waals surface area contributed by atoms with Crippen molar-refractivity contribution in [2.24, 2.45) is 0 Å². The minimum absolute atomic E-state index is 0.158. The van der Waals surface area contributed by atoms with Crippen LogP contribution >= 0.6 is 0 Å². The molecule has 2 heterocycles. The van der Waals surface area contributed by atoms with Crippen LogP contribution in [-0.2, 0) is 46.2 Å². The van der Waals surface area contributed by atoms with E-state index in [4.69, 9.17) is 28.1 Å². The number of carbonyl (C=O) groups excluding carboxylic acids is 3. The van der Waals surface area contributed by atoms with Gasteiger partial charge in [-0.1, -0.05) is 0 Å². The second kappa shape index (κ2) is 9.46. The quantitative estimate of drug-likeness (QED) is 0.361. The Morgan fingerprint density at radius 1 is 0.912 bits per heavy atom. The summed E-state index contributed by atoms with van der Waals surface area (Å²) in [4.78, 5) is 47.5. The smallest absolute Gasteiger partial charge is 0.339 e. The third-order valence-electron chi connectivity index (χ3n) is 5.89. The average Bonchev–Trinajstić information content (AvgIpc) is 3.24. The van der Waals surface area contributed by atoms with Crippen molar-refractivity contribution in [3.8, 4) is 5.75 Å². The Kier molecular flexibility index (Phi) is 6.60. The van der Waals surface area contributed by atoms with E-state index >= 15 is 0 Å². The zero-order valence-electron chi connectivity index (χ0n) is 19.4. The fourth-order valence-electron chi connectivity index (χ4n) is 4.53. The molecule has 4 atom stereocenters. The molecule has 1 aliphatic carbocycles. The summed E-state index contributed by atoms with van der Waals surface area (Å²) in [6.45, 7) is 5.17. The minimum Gasteiger partial charge on any atom is -0.460 e. The predicted octanol–water partition coefficient (Wildman–Crippen LogP) is 2.12. The average molecular weight is 474 g/mol. The molecule has 182 valence electrons. The summed E-state index contributed by atoms with van der Waals surface area (Å²) in [6.07, 6.45) is -2.14. The van der Waals surface area contributed by atoms with Gasteiger partial charge in [0.05, 0.1) is 6.61 Å². The summed E-state index contributed by atoms with van der Waals surface area (Å²) in [5.41, 5.74) is 2.34. The maximum absolute atomic E-state index is 12.4. The largest absolute Gasteiger partial charge is 0.460 e. The molecule has 0 saturated carbocycles. The number of aryl methyl sites for hydroxylation is 2. The van der Waals surface area contributed by atoms with E-state index < -0.39 is 42.5 Å². The molecule has 1 aromatic heterocycles. The van der Waals surface area contributed by atoms with Crippen molar-refractivity contribution in [2.45, 2.75) is 71.6 Å². The van der Waals surface area contributed by atoms with E-state index in [2.05, 4.69) is 0 Å². The number of rotatable bonds is 5. The molecule has 0 bridgehead atoms. The topological polar surface area (TPSA) is 128 Å². The molecule has 1 aromatic carbocycles. The molecule has 4 rings (SSSR count). The SMILES string of the molecule is CC(=O)OC1COC(Oc2ccc3c4c(c(=O)oc3c2C)CCC4)C(OC(C)=O)C1OC(C)=O. The van der Waals surface area contributed by atoms with Gasteiger partial charge in [0.15, 0.2) is 12.2 Å². The summed E-state index contributed by atoms with van der Waals surface area (Å²) in [5, 5.41) is 0.853. The molecule has 0 radical (unpaired) electrons. The normalized spacial score (nSPS) is 23.8. The van der Waals surface area contributed by atoms with Gasteiger partial charge in [-0.2, -0.15) is 0 Å². The lowest BCUT2D eigenvalue weighted by atomic mass is 10.0. The van der Waals surface area contributed by atoms with Crippen molar-refractivity contribution in [3.63, 3.8) is 0 Å². The second-order valence-electron chi connectivity index (χ2n) is 8.38. The molecular formula is C24H26O10. The molecule has 2 aromatic rings. The van der Waals surface area contributed by atoms with Crippen molar-refractivity contribution in [2.75, 3.05) is 6.61 Å². The first-order valence-corrected chi connectivity index (χ1v) is 11.0. The lowest BCUT2D eigenvalue weighted by Gasteiger charge is -2.40. The van der Waals surface area contributed by atoms with Gasteiger partial charge in [0.2, 0.25) is 12.4 Å². The molecule has 1 aliphatic heterocycles. The van der Waals surface area contributed by atoms with E-state index in [0.717, 1.165) is 23.8 Å². The third-order valence-corrected chi connectivity index (χ3v) is 5.89. The highest BCUT2D eigenvalue weighted by atomic mass is 16.7. The van der Waals surface area contributed by atoms with Crippen LogP contribution in [0.1, 0.15) is 43.9 Å². The van der Waals surface area contributed by atoms with Crippen LogP contribution in [0.2, 0.25) is 0 Å². The Bertz CT molecular complexity index is 1200. The molecule has 2 aliphatic rings. The van der Waals surface area contributed by atoms with Gasteiger partial charge >= 0.3 is 23.5 Å². The summed E-state index contributed by atoms with van der Waals surface area (Å²) < 4.78 is 33.3. The number of fused-ring (bicyclic) bond motifs is 3. The lowest BCUT2D eigenvalue weighted by Crippen LogP contribution is -2.59. The highest BCUT2D eigenvalue weighted by molar-refractivity contribution is 5.86. The number of hydrogen-bond donors (Lipinski definition) is 0. The molecule has 1 fully saturated rings. The van der Waals surface area contributed by atoms with Crippen molar-refractivity contribution >= 4 is 28.9 Å². The Morgan fingerprint density at radius 3 is 2.24 bits per heavy atom. The summed E-state index contributed by atoms with van der Waals surface area (Å²) in [5.74, 6) is -1.60. The van der Waals surface area contributed by atoms with Crippen LogP contribution < -0.4 is 10.4 Å². The molecule has 1 saturated heterocycles. The Hall–Kier alpha value is -3.40. The summed E-state index contributed by atoms with van der Waals surface area (Å²) in [6, 6.07) is 3.54. The zero-order valence-corrected chi connectivity index (χ0v) is 19.4. The minimum atomic E-state index is -1.22. The van der Waals surface area contributed by atoms with Crippen molar-refractivity contribution in [3.05, 3.63) is 39.2 Å². The van der Waals surface area contributed by atoms with Crippen LogP contribution in [0.5, 0.6) is 5.75 Å². The predicted molar refractivity (Wildman–Crippen MR) is 116 cm³/mol. The molecule has 10 nitrogen and oxygen atoms in total. The third kappa shape index (κ3) is 4.63. The molecule has 4 unspecified atom stereocenters. The second-order valence-corrected chi connectivity index (χ2v) is 8.38. The van der Waals surface area contributed by atoms with E-state index in [1.165, 1.54) is 20.8 Å². The van der Waals surface area contributed by atoms with Crippen LogP contribution in [0.25, 0.3) is 11.0 Å². The van der Waals surface area contributed by atoms with Gasteiger partial charge in [0, 0.05) is 37.3 Å². The monoisotopic (exact) mass is 474 g/mol. The highest BCUT2D eigenvalue weighted by Gasteiger charge is 2.48. The summed E-state index contributed by atoms with van der Waals surface area (Å²) in [7, 11) is 0. The van der Waals surface area contributed by atoms with Crippen LogP contribution in [0.15, 0.2) is 21.3 Å². The molecule has 0 N–H and O–H groups in total. The van der Waals surface area contributed by atoms with Crippen LogP contribution in [0, 0.1) is 6.92 Å². The van der Waals surface area contributed by atoms with Gasteiger partial charge in [-0.15, -0.1) is 0 Å². The Labute approximate surface area is 195 Å². The molecular weight excluding hydrogens is 448 g/mol. The first kappa shape index (κ1) is 23.7. The molecule has 0 spiro atoms. The highest BCUT2D eigenvalue weighted by Crippen LogP contribution is 2.35. The number of ether oxygens (including phenoxy) is 5. The lowest BCUT2D eigenvalue weighted by molar-refractivity contribution is -0.259. The summed E-state index contributed by atoms with van der Waals surface area (Å²) >= 11 is 0. The van der Waals surface area contributed by atoms with Gasteiger partial charge in [-0.25, -0.2) is 4.79 Å². The number of hydrogen-bond acceptors (Lipinski definition) is 10. The zero-order chi connectivity index (χ0) is 24.6. The van der Waals surface area contributed by atoms with Gasteiger partial charge in [-0.3, -0.25) is 14.4 Å². The van der Waals surface area contributed by atoms with Crippen LogP contribution in [-0.4, -0.2) is 49.1 Å². The first-order chi connectivity index (χ1) is 16.2. The van der Waals surface area contributed by atoms with Gasteiger partial charge in [-0.05, 0) is 43.9 Å². The van der Waals surface area contributed by atoms with Crippen molar-refractivity contribution in [1.82, 2.24) is 0 Å². The Morgan fingerprint density at radius 2 is 1.56 bits per heavy atom. The van der Waals surface area contributed by atoms with Crippen LogP contribution in [0.3, 0.4) is 0 Å². The van der Waals surface area contributed by atoms with E-state index in [9.17, 15) is 19.2 Å². The maximum atomic E-state index is 12.4. The maximum Gasteiger partial charge on any atom is 0.339 e. The standard InChI is InChI=1S/C24H26O10/c1-11-18(9-8-16-15-6-5-7-17(15)23(28)34-20(11)16)33-24-22(32-14(4)27)21(31-13(3)26)19(10-29-24)30-12(2)25/h8-9,19,21-22,24H,5-7,10H2,1-4H3. The van der Waals surface area contributed by atoms with Gasteiger partial charge in [0.25, 0.3) is 0 Å². The van der Waals surface area contributed by atoms with Gasteiger partial charge in [0.1, 0.15) is 11.3 Å². The number of benzene rings is 1. The van der Waals surface area contributed by atoms with Crippen molar-refractivity contribution in [1.29, 1.82) is 0 Å². The fraction of sp³-hybridized carbons (Fsp3) is 0.500. The van der Waals surface area contributed by atoms with E-state index in [1.54, 1.807) is 13.0 Å². The van der Waals surface area contributed by atoms with Crippen molar-refractivity contribution < 1.29 is 42.5 Å². The molecule has 0 amide bonds. The van der Waals surface area contributed by atoms with Crippen LogP contribution in [0.4, 0.5) is 0 Å². The first-order valence-electron chi connectivity index (χ1n) is 11.0. The van der Waals surface area contributed by atoms with E-state index in [1.807, 2.05) is 6.07 Å². The number of carbonyl (C=O) groups is 3. The number of esters is 3.